The van der Waals surface area contributed by atoms with Crippen LogP contribution < -0.4 is 0 Å². The molecule has 1 atom stereocenters. The number of allylic oxidation sites excluding steroid dienone is 1. The van der Waals surface area contributed by atoms with Crippen LogP contribution in [0.15, 0.2) is 23.8 Å². The first-order valence-electron chi connectivity index (χ1n) is 10.6. The fourth-order valence-corrected chi connectivity index (χ4v) is 5.32. The van der Waals surface area contributed by atoms with Crippen LogP contribution in [0.2, 0.25) is 0 Å². The van der Waals surface area contributed by atoms with E-state index in [0.29, 0.717) is 6.04 Å². The summed E-state index contributed by atoms with van der Waals surface area (Å²) in [4.78, 5) is 10.7. The zero-order chi connectivity index (χ0) is 19.1. The molecule has 0 bridgehead atoms. The van der Waals surface area contributed by atoms with E-state index >= 15 is 0 Å². The monoisotopic (exact) mass is 391 g/mol. The van der Waals surface area contributed by atoms with Crippen LogP contribution in [-0.4, -0.2) is 71.7 Å². The van der Waals surface area contributed by atoms with Gasteiger partial charge in [0.05, 0.1) is 0 Å². The molecule has 27 heavy (non-hydrogen) atoms. The molecule has 3 rings (SSSR count). The van der Waals surface area contributed by atoms with E-state index in [4.69, 9.17) is 0 Å². The molecular weight excluding hydrogens is 354 g/mol. The van der Waals surface area contributed by atoms with Gasteiger partial charge < -0.3 is 5.11 Å². The van der Waals surface area contributed by atoms with Crippen LogP contribution >= 0.6 is 11.3 Å². The Hall–Kier alpha value is -0.720. The van der Waals surface area contributed by atoms with Gasteiger partial charge in [-0.3, -0.25) is 14.7 Å². The summed E-state index contributed by atoms with van der Waals surface area (Å²) < 4.78 is 0. The van der Waals surface area contributed by atoms with Crippen molar-refractivity contribution in [2.75, 3.05) is 45.9 Å². The summed E-state index contributed by atoms with van der Waals surface area (Å²) in [6.45, 7) is 13.6. The van der Waals surface area contributed by atoms with Crippen LogP contribution in [0.5, 0.6) is 0 Å². The highest BCUT2D eigenvalue weighted by atomic mass is 32.1. The largest absolute Gasteiger partial charge is 0.396 e. The molecule has 0 amide bonds. The second kappa shape index (κ2) is 10.7. The number of nitrogens with zero attached hydrogens (tertiary/aromatic N) is 3. The molecule has 2 aliphatic rings. The van der Waals surface area contributed by atoms with E-state index in [0.717, 1.165) is 45.7 Å². The SMILES string of the molecule is CC(C)=CCN1CCN(Cc2ccc(CN3CCCCC3)s2)CC1CCO. The van der Waals surface area contributed by atoms with Crippen LogP contribution in [0.1, 0.15) is 49.3 Å². The van der Waals surface area contributed by atoms with Gasteiger partial charge in [0.2, 0.25) is 0 Å². The minimum absolute atomic E-state index is 0.281. The maximum absolute atomic E-state index is 9.49. The maximum atomic E-state index is 9.49. The Morgan fingerprint density at radius 2 is 1.74 bits per heavy atom. The van der Waals surface area contributed by atoms with Gasteiger partial charge in [0.25, 0.3) is 0 Å². The highest BCUT2D eigenvalue weighted by Gasteiger charge is 2.26. The van der Waals surface area contributed by atoms with Crippen LogP contribution in [-0.2, 0) is 13.1 Å². The van der Waals surface area contributed by atoms with E-state index in [-0.39, 0.29) is 6.61 Å². The summed E-state index contributed by atoms with van der Waals surface area (Å²) in [5, 5.41) is 9.49. The fraction of sp³-hybridized carbons (Fsp3) is 0.727. The molecule has 3 heterocycles. The van der Waals surface area contributed by atoms with Gasteiger partial charge in [0, 0.05) is 61.7 Å². The number of likely N-dealkylation sites (tertiary alicyclic amines) is 1. The number of thiophene rings is 1. The molecule has 5 heteroatoms. The molecule has 1 N–H and O–H groups in total. The summed E-state index contributed by atoms with van der Waals surface area (Å²) in [6.07, 6.45) is 7.31. The van der Waals surface area contributed by atoms with Gasteiger partial charge in [-0.1, -0.05) is 18.1 Å². The lowest BCUT2D eigenvalue weighted by atomic mass is 10.1. The third kappa shape index (κ3) is 6.68. The van der Waals surface area contributed by atoms with Gasteiger partial charge in [0.1, 0.15) is 0 Å². The zero-order valence-corrected chi connectivity index (χ0v) is 18.0. The first-order valence-corrected chi connectivity index (χ1v) is 11.5. The van der Waals surface area contributed by atoms with Crippen molar-refractivity contribution in [3.63, 3.8) is 0 Å². The molecule has 0 spiro atoms. The number of hydrogen-bond donors (Lipinski definition) is 1. The van der Waals surface area contributed by atoms with Crippen molar-refractivity contribution in [2.45, 2.75) is 58.7 Å². The number of aliphatic hydroxyl groups is 1. The van der Waals surface area contributed by atoms with Gasteiger partial charge in [-0.25, -0.2) is 0 Å². The number of rotatable bonds is 8. The van der Waals surface area contributed by atoms with Crippen molar-refractivity contribution >= 4 is 11.3 Å². The van der Waals surface area contributed by atoms with E-state index < -0.39 is 0 Å². The molecule has 1 aromatic heterocycles. The lowest BCUT2D eigenvalue weighted by Crippen LogP contribution is -2.52. The maximum Gasteiger partial charge on any atom is 0.0446 e. The number of hydrogen-bond acceptors (Lipinski definition) is 5. The topological polar surface area (TPSA) is 30.0 Å². The fourth-order valence-electron chi connectivity index (χ4n) is 4.21. The molecule has 2 aliphatic heterocycles. The molecular formula is C22H37N3OS. The average molecular weight is 392 g/mol. The lowest BCUT2D eigenvalue weighted by molar-refractivity contribution is 0.0642. The minimum Gasteiger partial charge on any atom is -0.396 e. The van der Waals surface area contributed by atoms with Crippen LogP contribution in [0, 0.1) is 0 Å². The smallest absolute Gasteiger partial charge is 0.0446 e. The second-order valence-corrected chi connectivity index (χ2v) is 9.64. The summed E-state index contributed by atoms with van der Waals surface area (Å²) in [6, 6.07) is 5.14. The standard InChI is InChI=1S/C22H37N3OS/c1-19(2)8-12-25-14-13-24(16-20(25)9-15-26)18-22-7-6-21(27-22)17-23-10-4-3-5-11-23/h6-8,20,26H,3-5,9-18H2,1-2H3. The third-order valence-corrected chi connectivity index (χ3v) is 6.86. The number of aliphatic hydroxyl groups excluding tert-OH is 1. The molecule has 0 aliphatic carbocycles. The first kappa shape index (κ1) is 21.0. The number of piperidine rings is 1. The van der Waals surface area contributed by atoms with Crippen molar-refractivity contribution in [3.8, 4) is 0 Å². The van der Waals surface area contributed by atoms with E-state index in [2.05, 4.69) is 46.8 Å². The summed E-state index contributed by atoms with van der Waals surface area (Å²) in [7, 11) is 0. The van der Waals surface area contributed by atoms with Gasteiger partial charge in [-0.05, 0) is 58.3 Å². The van der Waals surface area contributed by atoms with Crippen molar-refractivity contribution in [1.29, 1.82) is 0 Å². The molecule has 152 valence electrons. The van der Waals surface area contributed by atoms with Crippen molar-refractivity contribution in [2.24, 2.45) is 0 Å². The Kier molecular flexibility index (Phi) is 8.34. The molecule has 1 unspecified atom stereocenters. The van der Waals surface area contributed by atoms with E-state index in [1.165, 1.54) is 47.7 Å². The van der Waals surface area contributed by atoms with Gasteiger partial charge in [-0.15, -0.1) is 11.3 Å². The summed E-state index contributed by atoms with van der Waals surface area (Å²) in [5.41, 5.74) is 1.37. The Morgan fingerprint density at radius 1 is 1.04 bits per heavy atom. The molecule has 0 aromatic carbocycles. The summed E-state index contributed by atoms with van der Waals surface area (Å²) >= 11 is 1.99. The lowest BCUT2D eigenvalue weighted by Gasteiger charge is -2.41. The molecule has 2 fully saturated rings. The first-order chi connectivity index (χ1) is 13.1. The zero-order valence-electron chi connectivity index (χ0n) is 17.2. The molecule has 4 nitrogen and oxygen atoms in total. The quantitative estimate of drug-likeness (QED) is 0.686. The van der Waals surface area contributed by atoms with Crippen molar-refractivity contribution in [1.82, 2.24) is 14.7 Å². The number of piperazine rings is 1. The average Bonchev–Trinajstić information content (AvgIpc) is 3.09. The van der Waals surface area contributed by atoms with Gasteiger partial charge >= 0.3 is 0 Å². The normalized spacial score (nSPS) is 22.9. The molecule has 0 radical (unpaired) electrons. The summed E-state index contributed by atoms with van der Waals surface area (Å²) in [5.74, 6) is 0. The van der Waals surface area contributed by atoms with E-state index in [1.54, 1.807) is 0 Å². The van der Waals surface area contributed by atoms with Crippen LogP contribution in [0.25, 0.3) is 0 Å². The van der Waals surface area contributed by atoms with E-state index in [1.807, 2.05) is 11.3 Å². The highest BCUT2D eigenvalue weighted by Crippen LogP contribution is 2.23. The molecule has 1 aromatic rings. The Bertz CT molecular complexity index is 590. The third-order valence-electron chi connectivity index (χ3n) is 5.81. The second-order valence-electron chi connectivity index (χ2n) is 8.38. The van der Waals surface area contributed by atoms with Gasteiger partial charge in [0.15, 0.2) is 0 Å². The predicted molar refractivity (Wildman–Crippen MR) is 115 cm³/mol. The molecule has 2 saturated heterocycles. The van der Waals surface area contributed by atoms with Crippen LogP contribution in [0.4, 0.5) is 0 Å². The van der Waals surface area contributed by atoms with Crippen LogP contribution in [0.3, 0.4) is 0 Å². The van der Waals surface area contributed by atoms with Gasteiger partial charge in [-0.2, -0.15) is 0 Å². The Balaban J connectivity index is 1.51. The van der Waals surface area contributed by atoms with Crippen molar-refractivity contribution < 1.29 is 5.11 Å². The van der Waals surface area contributed by atoms with E-state index in [9.17, 15) is 5.11 Å². The Labute approximate surface area is 169 Å². The predicted octanol–water partition coefficient (Wildman–Crippen LogP) is 3.57. The van der Waals surface area contributed by atoms with Crippen molar-refractivity contribution in [3.05, 3.63) is 33.5 Å². The Morgan fingerprint density at radius 3 is 2.41 bits per heavy atom. The highest BCUT2D eigenvalue weighted by molar-refractivity contribution is 7.11. The minimum atomic E-state index is 0.281. The molecule has 0 saturated carbocycles.